The fourth-order valence-corrected chi connectivity index (χ4v) is 3.02. The van der Waals surface area contributed by atoms with Gasteiger partial charge in [0, 0.05) is 38.7 Å². The highest BCUT2D eigenvalue weighted by molar-refractivity contribution is 5.49. The molecule has 0 aromatic carbocycles. The van der Waals surface area contributed by atoms with E-state index in [0.29, 0.717) is 0 Å². The van der Waals surface area contributed by atoms with E-state index in [4.69, 9.17) is 0 Å². The van der Waals surface area contributed by atoms with Crippen LogP contribution in [0.1, 0.15) is 42.8 Å². The van der Waals surface area contributed by atoms with Gasteiger partial charge in [-0.2, -0.15) is 0 Å². The SMILES string of the molecule is Cc1nc2c(c(N(C)CCC3CCC3)n1)CNCC2. The molecule has 0 bridgehead atoms. The lowest BCUT2D eigenvalue weighted by Crippen LogP contribution is -2.31. The molecule has 1 aliphatic heterocycles. The molecule has 1 saturated carbocycles. The van der Waals surface area contributed by atoms with E-state index in [1.807, 2.05) is 6.92 Å². The molecule has 0 radical (unpaired) electrons. The molecule has 19 heavy (non-hydrogen) atoms. The third kappa shape index (κ3) is 2.73. The van der Waals surface area contributed by atoms with Gasteiger partial charge in [-0.05, 0) is 19.3 Å². The molecule has 0 amide bonds. The van der Waals surface area contributed by atoms with Gasteiger partial charge in [-0.1, -0.05) is 19.3 Å². The van der Waals surface area contributed by atoms with E-state index in [0.717, 1.165) is 43.6 Å². The topological polar surface area (TPSA) is 41.1 Å². The zero-order valence-corrected chi connectivity index (χ0v) is 12.1. The first-order chi connectivity index (χ1) is 9.24. The zero-order valence-electron chi connectivity index (χ0n) is 12.1. The first-order valence-electron chi connectivity index (χ1n) is 7.52. The van der Waals surface area contributed by atoms with Gasteiger partial charge in [0.2, 0.25) is 0 Å². The van der Waals surface area contributed by atoms with Crippen LogP contribution in [0.3, 0.4) is 0 Å². The van der Waals surface area contributed by atoms with E-state index in [1.54, 1.807) is 0 Å². The molecule has 0 unspecified atom stereocenters. The Balaban J connectivity index is 1.76. The van der Waals surface area contributed by atoms with Crippen LogP contribution in [-0.4, -0.2) is 30.1 Å². The minimum atomic E-state index is 0.908. The Morgan fingerprint density at radius 3 is 2.89 bits per heavy atom. The number of rotatable bonds is 4. The van der Waals surface area contributed by atoms with Crippen molar-refractivity contribution >= 4 is 5.82 Å². The lowest BCUT2D eigenvalue weighted by atomic mass is 9.83. The monoisotopic (exact) mass is 260 g/mol. The summed E-state index contributed by atoms with van der Waals surface area (Å²) in [6.07, 6.45) is 6.62. The van der Waals surface area contributed by atoms with Crippen LogP contribution < -0.4 is 10.2 Å². The van der Waals surface area contributed by atoms with Crippen LogP contribution in [0.2, 0.25) is 0 Å². The van der Waals surface area contributed by atoms with E-state index in [2.05, 4.69) is 27.2 Å². The van der Waals surface area contributed by atoms with Crippen LogP contribution in [0.4, 0.5) is 5.82 Å². The van der Waals surface area contributed by atoms with Gasteiger partial charge in [0.15, 0.2) is 0 Å². The highest BCUT2D eigenvalue weighted by atomic mass is 15.2. The molecule has 0 saturated heterocycles. The Morgan fingerprint density at radius 1 is 1.32 bits per heavy atom. The molecule has 2 heterocycles. The van der Waals surface area contributed by atoms with Crippen molar-refractivity contribution in [2.24, 2.45) is 5.92 Å². The summed E-state index contributed by atoms with van der Waals surface area (Å²) < 4.78 is 0. The summed E-state index contributed by atoms with van der Waals surface area (Å²) in [7, 11) is 2.18. The highest BCUT2D eigenvalue weighted by Crippen LogP contribution is 2.30. The van der Waals surface area contributed by atoms with Crippen molar-refractivity contribution in [3.05, 3.63) is 17.1 Å². The summed E-state index contributed by atoms with van der Waals surface area (Å²) in [5.74, 6) is 3.01. The van der Waals surface area contributed by atoms with Crippen molar-refractivity contribution < 1.29 is 0 Å². The molecule has 1 aliphatic carbocycles. The second kappa shape index (κ2) is 5.45. The average molecular weight is 260 g/mol. The standard InChI is InChI=1S/C15H24N4/c1-11-17-14-6-8-16-10-13(14)15(18-11)19(2)9-7-12-4-3-5-12/h12,16H,3-10H2,1-2H3. The number of hydrogen-bond acceptors (Lipinski definition) is 4. The fraction of sp³-hybridized carbons (Fsp3) is 0.733. The molecule has 1 N–H and O–H groups in total. The Morgan fingerprint density at radius 2 is 2.16 bits per heavy atom. The molecule has 3 rings (SSSR count). The van der Waals surface area contributed by atoms with Crippen molar-refractivity contribution in [1.82, 2.24) is 15.3 Å². The number of aryl methyl sites for hydroxylation is 1. The van der Waals surface area contributed by atoms with Crippen LogP contribution in [0.25, 0.3) is 0 Å². The first kappa shape index (κ1) is 12.9. The maximum Gasteiger partial charge on any atom is 0.136 e. The van der Waals surface area contributed by atoms with Crippen LogP contribution in [-0.2, 0) is 13.0 Å². The van der Waals surface area contributed by atoms with Gasteiger partial charge in [0.05, 0.1) is 5.69 Å². The van der Waals surface area contributed by atoms with E-state index < -0.39 is 0 Å². The van der Waals surface area contributed by atoms with Gasteiger partial charge in [-0.15, -0.1) is 0 Å². The Kier molecular flexibility index (Phi) is 3.69. The van der Waals surface area contributed by atoms with Gasteiger partial charge in [0.25, 0.3) is 0 Å². The number of nitrogens with zero attached hydrogens (tertiary/aromatic N) is 3. The maximum absolute atomic E-state index is 4.68. The summed E-state index contributed by atoms with van der Waals surface area (Å²) >= 11 is 0. The third-order valence-electron chi connectivity index (χ3n) is 4.48. The molecule has 104 valence electrons. The minimum Gasteiger partial charge on any atom is -0.359 e. The zero-order chi connectivity index (χ0) is 13.2. The molecule has 4 nitrogen and oxygen atoms in total. The largest absolute Gasteiger partial charge is 0.359 e. The smallest absolute Gasteiger partial charge is 0.136 e. The molecule has 2 aliphatic rings. The van der Waals surface area contributed by atoms with Crippen molar-refractivity contribution in [2.75, 3.05) is 25.0 Å². The first-order valence-corrected chi connectivity index (χ1v) is 7.52. The number of hydrogen-bond donors (Lipinski definition) is 1. The van der Waals surface area contributed by atoms with Crippen LogP contribution >= 0.6 is 0 Å². The lowest BCUT2D eigenvalue weighted by Gasteiger charge is -2.30. The number of anilines is 1. The van der Waals surface area contributed by atoms with Crippen LogP contribution in [0.15, 0.2) is 0 Å². The summed E-state index contributed by atoms with van der Waals surface area (Å²) in [4.78, 5) is 11.6. The summed E-state index contributed by atoms with van der Waals surface area (Å²) in [6, 6.07) is 0. The van der Waals surface area contributed by atoms with Crippen molar-refractivity contribution in [3.8, 4) is 0 Å². The van der Waals surface area contributed by atoms with E-state index >= 15 is 0 Å². The van der Waals surface area contributed by atoms with Crippen LogP contribution in [0, 0.1) is 12.8 Å². The molecule has 4 heteroatoms. The predicted octanol–water partition coefficient (Wildman–Crippen LogP) is 2.06. The van der Waals surface area contributed by atoms with E-state index in [9.17, 15) is 0 Å². The van der Waals surface area contributed by atoms with Crippen molar-refractivity contribution in [2.45, 2.75) is 45.6 Å². The third-order valence-corrected chi connectivity index (χ3v) is 4.48. The highest BCUT2D eigenvalue weighted by Gasteiger charge is 2.21. The Hall–Kier alpha value is -1.16. The number of nitrogens with one attached hydrogen (secondary N) is 1. The molecular weight excluding hydrogens is 236 g/mol. The Labute approximate surface area is 115 Å². The predicted molar refractivity (Wildman–Crippen MR) is 77.4 cm³/mol. The van der Waals surface area contributed by atoms with Crippen LogP contribution in [0.5, 0.6) is 0 Å². The van der Waals surface area contributed by atoms with Gasteiger partial charge in [-0.3, -0.25) is 0 Å². The van der Waals surface area contributed by atoms with Gasteiger partial charge in [0.1, 0.15) is 11.6 Å². The lowest BCUT2D eigenvalue weighted by molar-refractivity contribution is 0.299. The molecule has 1 aromatic heterocycles. The molecular formula is C15H24N4. The number of fused-ring (bicyclic) bond motifs is 1. The quantitative estimate of drug-likeness (QED) is 0.899. The van der Waals surface area contributed by atoms with Gasteiger partial charge < -0.3 is 10.2 Å². The minimum absolute atomic E-state index is 0.908. The summed E-state index contributed by atoms with van der Waals surface area (Å²) in [5, 5.41) is 3.44. The maximum atomic E-state index is 4.68. The summed E-state index contributed by atoms with van der Waals surface area (Å²) in [5.41, 5.74) is 2.56. The number of aromatic nitrogens is 2. The van der Waals surface area contributed by atoms with Gasteiger partial charge in [-0.25, -0.2) is 9.97 Å². The van der Waals surface area contributed by atoms with E-state index in [-0.39, 0.29) is 0 Å². The summed E-state index contributed by atoms with van der Waals surface area (Å²) in [6.45, 7) is 5.08. The Bertz CT molecular complexity index is 454. The molecule has 0 atom stereocenters. The molecule has 1 aromatic rings. The van der Waals surface area contributed by atoms with Gasteiger partial charge >= 0.3 is 0 Å². The average Bonchev–Trinajstić information content (AvgIpc) is 2.35. The second-order valence-electron chi connectivity index (χ2n) is 5.95. The molecule has 0 spiro atoms. The van der Waals surface area contributed by atoms with Crippen molar-refractivity contribution in [1.29, 1.82) is 0 Å². The van der Waals surface area contributed by atoms with Crippen molar-refractivity contribution in [3.63, 3.8) is 0 Å². The normalized spacial score (nSPS) is 18.8. The van der Waals surface area contributed by atoms with E-state index in [1.165, 1.54) is 36.9 Å². The molecule has 1 fully saturated rings. The fourth-order valence-electron chi connectivity index (χ4n) is 3.02. The second-order valence-corrected chi connectivity index (χ2v) is 5.95.